The Labute approximate surface area is 158 Å². The Morgan fingerprint density at radius 1 is 1.30 bits per heavy atom. The Morgan fingerprint density at radius 2 is 2.04 bits per heavy atom. The average Bonchev–Trinajstić information content (AvgIpc) is 2.82. The Kier molecular flexibility index (Phi) is 5.15. The molecule has 1 N–H and O–H groups in total. The highest BCUT2D eigenvalue weighted by atomic mass is 16.5. The van der Waals surface area contributed by atoms with Crippen molar-refractivity contribution in [2.45, 2.75) is 32.4 Å². The van der Waals surface area contributed by atoms with E-state index in [0.29, 0.717) is 23.6 Å². The fourth-order valence-corrected chi connectivity index (χ4v) is 3.45. The summed E-state index contributed by atoms with van der Waals surface area (Å²) in [6, 6.07) is 12.9. The van der Waals surface area contributed by atoms with Crippen LogP contribution in [0.3, 0.4) is 0 Å². The van der Waals surface area contributed by atoms with Crippen molar-refractivity contribution in [2.24, 2.45) is 0 Å². The maximum atomic E-state index is 13.1. The van der Waals surface area contributed by atoms with Crippen LogP contribution in [0.15, 0.2) is 55.1 Å². The lowest BCUT2D eigenvalue weighted by molar-refractivity contribution is -0.141. The van der Waals surface area contributed by atoms with Crippen LogP contribution in [0.4, 0.5) is 5.69 Å². The van der Waals surface area contributed by atoms with E-state index in [0.717, 1.165) is 11.1 Å². The van der Waals surface area contributed by atoms with E-state index in [4.69, 9.17) is 4.74 Å². The number of para-hydroxylation sites is 1. The van der Waals surface area contributed by atoms with Crippen LogP contribution in [0.5, 0.6) is 5.75 Å². The number of Topliss-reactive ketones (excluding diaryl/α,β-unsaturated/α-hetero) is 1. The lowest BCUT2D eigenvalue weighted by Gasteiger charge is -2.23. The van der Waals surface area contributed by atoms with Crippen LogP contribution in [0, 0.1) is 6.92 Å². The molecular weight excluding hydrogens is 342 g/mol. The molecule has 1 atom stereocenters. The van der Waals surface area contributed by atoms with Gasteiger partial charge >= 0.3 is 0 Å². The molecule has 0 aliphatic carbocycles. The molecule has 0 bridgehead atoms. The number of anilines is 1. The number of carbonyl (C=O) groups excluding carboxylic acids is 2. The summed E-state index contributed by atoms with van der Waals surface area (Å²) in [7, 11) is 0. The monoisotopic (exact) mass is 365 g/mol. The molecule has 0 aromatic heterocycles. The number of nitrogens with zero attached hydrogens (tertiary/aromatic N) is 1. The fourth-order valence-electron chi connectivity index (χ4n) is 3.45. The minimum Gasteiger partial charge on any atom is -0.489 e. The van der Waals surface area contributed by atoms with Crippen molar-refractivity contribution in [2.75, 3.05) is 11.5 Å². The van der Waals surface area contributed by atoms with Crippen molar-refractivity contribution in [3.63, 3.8) is 0 Å². The number of benzene rings is 2. The lowest BCUT2D eigenvalue weighted by Crippen LogP contribution is -2.41. The molecular formula is C22H23NO4. The Morgan fingerprint density at radius 3 is 2.74 bits per heavy atom. The minimum absolute atomic E-state index is 0.239. The molecule has 2 aromatic rings. The third-order valence-electron chi connectivity index (χ3n) is 4.65. The number of hydrogen-bond donors (Lipinski definition) is 1. The van der Waals surface area contributed by atoms with Crippen molar-refractivity contribution < 1.29 is 19.4 Å². The zero-order valence-corrected chi connectivity index (χ0v) is 15.6. The second-order valence-corrected chi connectivity index (χ2v) is 6.86. The average molecular weight is 365 g/mol. The van der Waals surface area contributed by atoms with E-state index in [-0.39, 0.29) is 18.7 Å². The number of carbonyl (C=O) groups is 2. The molecule has 140 valence electrons. The van der Waals surface area contributed by atoms with Gasteiger partial charge in [-0.1, -0.05) is 48.6 Å². The van der Waals surface area contributed by atoms with E-state index in [2.05, 4.69) is 6.58 Å². The summed E-state index contributed by atoms with van der Waals surface area (Å²) in [6.45, 7) is 7.51. The maximum Gasteiger partial charge on any atom is 0.264 e. The minimum atomic E-state index is -1.83. The summed E-state index contributed by atoms with van der Waals surface area (Å²) < 4.78 is 5.68. The molecule has 1 heterocycles. The highest BCUT2D eigenvalue weighted by molar-refractivity contribution is 6.08. The van der Waals surface area contributed by atoms with E-state index < -0.39 is 11.5 Å². The van der Waals surface area contributed by atoms with Gasteiger partial charge in [0.1, 0.15) is 18.1 Å². The highest BCUT2D eigenvalue weighted by Gasteiger charge is 2.50. The topological polar surface area (TPSA) is 66.8 Å². The van der Waals surface area contributed by atoms with Gasteiger partial charge in [-0.15, -0.1) is 0 Å². The Balaban J connectivity index is 2.02. The first-order valence-corrected chi connectivity index (χ1v) is 8.83. The molecule has 1 aliphatic heterocycles. The predicted molar refractivity (Wildman–Crippen MR) is 104 cm³/mol. The molecule has 27 heavy (non-hydrogen) atoms. The second kappa shape index (κ2) is 7.37. The van der Waals surface area contributed by atoms with E-state index in [9.17, 15) is 14.7 Å². The number of aryl methyl sites for hydroxylation is 1. The fraction of sp³-hybridized carbons (Fsp3) is 0.273. The molecule has 0 unspecified atom stereocenters. The van der Waals surface area contributed by atoms with Gasteiger partial charge in [0, 0.05) is 17.5 Å². The number of rotatable bonds is 7. The smallest absolute Gasteiger partial charge is 0.264 e. The summed E-state index contributed by atoms with van der Waals surface area (Å²) in [5, 5.41) is 11.1. The van der Waals surface area contributed by atoms with Crippen LogP contribution in [0.25, 0.3) is 0 Å². The molecule has 0 radical (unpaired) electrons. The molecule has 0 fully saturated rings. The molecule has 0 saturated heterocycles. The van der Waals surface area contributed by atoms with E-state index >= 15 is 0 Å². The number of ketones is 1. The summed E-state index contributed by atoms with van der Waals surface area (Å²) in [5.74, 6) is -0.0763. The van der Waals surface area contributed by atoms with Gasteiger partial charge in [-0.25, -0.2) is 0 Å². The summed E-state index contributed by atoms with van der Waals surface area (Å²) in [5.41, 5.74) is 0.996. The van der Waals surface area contributed by atoms with Crippen molar-refractivity contribution in [3.8, 4) is 5.75 Å². The second-order valence-electron chi connectivity index (χ2n) is 6.86. The molecule has 5 heteroatoms. The van der Waals surface area contributed by atoms with Gasteiger partial charge < -0.3 is 14.7 Å². The first-order chi connectivity index (χ1) is 12.9. The molecule has 0 spiro atoms. The Bertz CT molecular complexity index is 905. The largest absolute Gasteiger partial charge is 0.489 e. The van der Waals surface area contributed by atoms with Gasteiger partial charge in [0.25, 0.3) is 5.91 Å². The number of ether oxygens (including phenoxy) is 1. The Hall–Kier alpha value is -2.92. The van der Waals surface area contributed by atoms with Gasteiger partial charge in [0.05, 0.1) is 12.2 Å². The van der Waals surface area contributed by atoms with Crippen LogP contribution in [-0.4, -0.2) is 23.4 Å². The zero-order valence-electron chi connectivity index (χ0n) is 15.6. The van der Waals surface area contributed by atoms with Crippen molar-refractivity contribution >= 4 is 17.4 Å². The lowest BCUT2D eigenvalue weighted by atomic mass is 9.89. The standard InChI is InChI=1S/C22H23NO4/c1-4-11-27-20-8-6-5-7-17(20)14-23-19-10-9-15(2)12-18(19)22(26,21(23)25)13-16(3)24/h4-10,12,26H,1,11,13-14H2,2-3H3/t22-/m0/s1. The van der Waals surface area contributed by atoms with Gasteiger partial charge in [-0.3, -0.25) is 9.59 Å². The molecule has 1 aliphatic rings. The number of hydrogen-bond acceptors (Lipinski definition) is 4. The molecule has 0 saturated carbocycles. The van der Waals surface area contributed by atoms with Crippen LogP contribution in [0.2, 0.25) is 0 Å². The van der Waals surface area contributed by atoms with Crippen molar-refractivity contribution in [1.82, 2.24) is 0 Å². The van der Waals surface area contributed by atoms with Gasteiger partial charge in [-0.05, 0) is 26.0 Å². The van der Waals surface area contributed by atoms with E-state index in [1.165, 1.54) is 11.8 Å². The van der Waals surface area contributed by atoms with Crippen LogP contribution >= 0.6 is 0 Å². The van der Waals surface area contributed by atoms with Crippen LogP contribution in [0.1, 0.15) is 30.0 Å². The van der Waals surface area contributed by atoms with E-state index in [1.54, 1.807) is 12.1 Å². The normalized spacial score (nSPS) is 18.3. The van der Waals surface area contributed by atoms with Gasteiger partial charge in [0.2, 0.25) is 0 Å². The highest BCUT2D eigenvalue weighted by Crippen LogP contribution is 2.44. The van der Waals surface area contributed by atoms with Crippen molar-refractivity contribution in [1.29, 1.82) is 0 Å². The van der Waals surface area contributed by atoms with Crippen LogP contribution in [-0.2, 0) is 21.7 Å². The number of fused-ring (bicyclic) bond motifs is 1. The first-order valence-electron chi connectivity index (χ1n) is 8.83. The maximum absolute atomic E-state index is 13.1. The summed E-state index contributed by atoms with van der Waals surface area (Å²) >= 11 is 0. The molecule has 3 rings (SSSR count). The molecule has 1 amide bonds. The van der Waals surface area contributed by atoms with Gasteiger partial charge in [0.15, 0.2) is 5.60 Å². The number of amides is 1. The van der Waals surface area contributed by atoms with Crippen LogP contribution < -0.4 is 9.64 Å². The first kappa shape index (κ1) is 18.9. The third kappa shape index (κ3) is 3.51. The predicted octanol–water partition coefficient (Wildman–Crippen LogP) is 3.27. The third-order valence-corrected chi connectivity index (χ3v) is 4.65. The van der Waals surface area contributed by atoms with Gasteiger partial charge in [-0.2, -0.15) is 0 Å². The molecule has 2 aromatic carbocycles. The number of aliphatic hydroxyl groups is 1. The SMILES string of the molecule is C=CCOc1ccccc1CN1C(=O)[C@](O)(CC(C)=O)c2cc(C)ccc21. The summed E-state index contributed by atoms with van der Waals surface area (Å²) in [6.07, 6.45) is 1.41. The quantitative estimate of drug-likeness (QED) is 0.765. The zero-order chi connectivity index (χ0) is 19.6. The summed E-state index contributed by atoms with van der Waals surface area (Å²) in [4.78, 5) is 26.4. The molecule has 5 nitrogen and oxygen atoms in total. The van der Waals surface area contributed by atoms with E-state index in [1.807, 2.05) is 43.3 Å². The van der Waals surface area contributed by atoms with Crippen molar-refractivity contribution in [3.05, 3.63) is 71.8 Å².